The number of benzene rings is 1. The second kappa shape index (κ2) is 6.87. The van der Waals surface area contributed by atoms with Crippen LogP contribution in [0.1, 0.15) is 12.8 Å². The lowest BCUT2D eigenvalue weighted by atomic mass is 10.0. The Morgan fingerprint density at radius 1 is 1.23 bits per heavy atom. The standard InChI is InChI=1S/C18H19N5O2S/c24-16(10-23-17(25)14-4-2-1-3-13(14)9-19-23)21-22-18(26)20-15-8-11-5-6-12(15)7-11/h1-6,9,11-12,15H,7-8,10H2,(H,21,24)(H2,20,22,26)/t11-,12-,15-/m1/s1. The molecule has 1 aromatic heterocycles. The number of nitrogens with one attached hydrogen (secondary N) is 3. The summed E-state index contributed by atoms with van der Waals surface area (Å²) in [6.07, 6.45) is 8.29. The van der Waals surface area contributed by atoms with Gasteiger partial charge in [-0.05, 0) is 43.0 Å². The molecule has 134 valence electrons. The number of thiocarbonyl (C=S) groups is 1. The second-order valence-electron chi connectivity index (χ2n) is 6.73. The minimum atomic E-state index is -0.396. The Kier molecular flexibility index (Phi) is 4.42. The summed E-state index contributed by atoms with van der Waals surface area (Å²) in [6.45, 7) is -0.184. The molecule has 3 atom stereocenters. The number of rotatable bonds is 3. The normalized spacial score (nSPS) is 23.2. The van der Waals surface area contributed by atoms with Gasteiger partial charge < -0.3 is 5.32 Å². The zero-order valence-electron chi connectivity index (χ0n) is 14.0. The zero-order valence-corrected chi connectivity index (χ0v) is 14.8. The summed E-state index contributed by atoms with van der Waals surface area (Å²) in [5.74, 6) is 0.753. The van der Waals surface area contributed by atoms with E-state index in [0.29, 0.717) is 28.4 Å². The highest BCUT2D eigenvalue weighted by Crippen LogP contribution is 2.38. The lowest BCUT2D eigenvalue weighted by Crippen LogP contribution is -2.51. The molecule has 1 aromatic carbocycles. The van der Waals surface area contributed by atoms with E-state index in [0.717, 1.165) is 16.5 Å². The molecule has 0 aliphatic heterocycles. The van der Waals surface area contributed by atoms with E-state index in [9.17, 15) is 9.59 Å². The van der Waals surface area contributed by atoms with Crippen LogP contribution in [-0.2, 0) is 11.3 Å². The van der Waals surface area contributed by atoms with Gasteiger partial charge in [0.25, 0.3) is 11.5 Å². The predicted molar refractivity (Wildman–Crippen MR) is 102 cm³/mol. The van der Waals surface area contributed by atoms with Crippen molar-refractivity contribution in [3.8, 4) is 0 Å². The Morgan fingerprint density at radius 2 is 2.08 bits per heavy atom. The molecule has 4 rings (SSSR count). The molecular formula is C18H19N5O2S. The first-order valence-electron chi connectivity index (χ1n) is 8.58. The second-order valence-corrected chi connectivity index (χ2v) is 7.14. The predicted octanol–water partition coefficient (Wildman–Crippen LogP) is 0.856. The van der Waals surface area contributed by atoms with Crippen LogP contribution >= 0.6 is 12.2 Å². The van der Waals surface area contributed by atoms with Crippen molar-refractivity contribution >= 4 is 34.0 Å². The largest absolute Gasteiger partial charge is 0.358 e. The van der Waals surface area contributed by atoms with Crippen molar-refractivity contribution in [3.05, 3.63) is 53.0 Å². The first-order chi connectivity index (χ1) is 12.6. The minimum Gasteiger partial charge on any atom is -0.358 e. The molecule has 1 fully saturated rings. The molecule has 0 unspecified atom stereocenters. The highest BCUT2D eigenvalue weighted by Gasteiger charge is 2.35. The Morgan fingerprint density at radius 3 is 2.85 bits per heavy atom. The number of aromatic nitrogens is 2. The van der Waals surface area contributed by atoms with Crippen molar-refractivity contribution in [2.75, 3.05) is 0 Å². The Labute approximate surface area is 155 Å². The van der Waals surface area contributed by atoms with Crippen molar-refractivity contribution in [1.82, 2.24) is 25.9 Å². The number of carbonyl (C=O) groups is 1. The van der Waals surface area contributed by atoms with Crippen LogP contribution < -0.4 is 21.7 Å². The number of allylic oxidation sites excluding steroid dienone is 1. The maximum Gasteiger partial charge on any atom is 0.275 e. The van der Waals surface area contributed by atoms with E-state index in [-0.39, 0.29) is 12.1 Å². The third kappa shape index (κ3) is 3.32. The minimum absolute atomic E-state index is 0.184. The molecule has 3 N–H and O–H groups in total. The quantitative estimate of drug-likeness (QED) is 0.423. The fraction of sp³-hybridized carbons (Fsp3) is 0.333. The molecule has 7 nitrogen and oxygen atoms in total. The van der Waals surface area contributed by atoms with Gasteiger partial charge in [0, 0.05) is 11.4 Å². The molecule has 2 aliphatic carbocycles. The first-order valence-corrected chi connectivity index (χ1v) is 8.99. The number of hydrogen-bond acceptors (Lipinski definition) is 4. The van der Waals surface area contributed by atoms with Crippen LogP contribution in [0.4, 0.5) is 0 Å². The van der Waals surface area contributed by atoms with E-state index in [1.165, 1.54) is 6.42 Å². The van der Waals surface area contributed by atoms with Gasteiger partial charge >= 0.3 is 0 Å². The van der Waals surface area contributed by atoms with E-state index < -0.39 is 5.91 Å². The maximum absolute atomic E-state index is 12.4. The number of nitrogens with zero attached hydrogens (tertiary/aromatic N) is 2. The van der Waals surface area contributed by atoms with Crippen LogP contribution in [0.5, 0.6) is 0 Å². The van der Waals surface area contributed by atoms with Crippen molar-refractivity contribution in [1.29, 1.82) is 0 Å². The molecule has 1 amide bonds. The van der Waals surface area contributed by atoms with Crippen molar-refractivity contribution in [2.24, 2.45) is 11.8 Å². The summed E-state index contributed by atoms with van der Waals surface area (Å²) in [7, 11) is 0. The molecule has 1 heterocycles. The summed E-state index contributed by atoms with van der Waals surface area (Å²) >= 11 is 5.23. The molecule has 0 saturated heterocycles. The first kappa shape index (κ1) is 16.7. The molecule has 2 aromatic rings. The highest BCUT2D eigenvalue weighted by atomic mass is 32.1. The van der Waals surface area contributed by atoms with Gasteiger partial charge in [-0.15, -0.1) is 0 Å². The summed E-state index contributed by atoms with van der Waals surface area (Å²) in [5.41, 5.74) is 4.91. The molecule has 2 bridgehead atoms. The van der Waals surface area contributed by atoms with Crippen LogP contribution in [0.25, 0.3) is 10.8 Å². The number of hydrogen-bond donors (Lipinski definition) is 3. The van der Waals surface area contributed by atoms with Crippen LogP contribution in [0.15, 0.2) is 47.4 Å². The van der Waals surface area contributed by atoms with E-state index in [1.54, 1.807) is 18.3 Å². The van der Waals surface area contributed by atoms with Gasteiger partial charge in [0.15, 0.2) is 5.11 Å². The van der Waals surface area contributed by atoms with Gasteiger partial charge in [-0.2, -0.15) is 5.10 Å². The summed E-state index contributed by atoms with van der Waals surface area (Å²) in [5, 5.41) is 8.94. The van der Waals surface area contributed by atoms with E-state index >= 15 is 0 Å². The Hall–Kier alpha value is -2.74. The third-order valence-electron chi connectivity index (χ3n) is 4.97. The summed E-state index contributed by atoms with van der Waals surface area (Å²) in [6, 6.07) is 7.46. The number of fused-ring (bicyclic) bond motifs is 3. The van der Waals surface area contributed by atoms with Crippen LogP contribution in [0, 0.1) is 11.8 Å². The van der Waals surface area contributed by atoms with E-state index in [2.05, 4.69) is 33.4 Å². The highest BCUT2D eigenvalue weighted by molar-refractivity contribution is 7.80. The fourth-order valence-corrected chi connectivity index (χ4v) is 3.90. The van der Waals surface area contributed by atoms with Crippen molar-refractivity contribution in [3.63, 3.8) is 0 Å². The van der Waals surface area contributed by atoms with Gasteiger partial charge in [-0.25, -0.2) is 4.68 Å². The monoisotopic (exact) mass is 369 g/mol. The lowest BCUT2D eigenvalue weighted by molar-refractivity contribution is -0.122. The topological polar surface area (TPSA) is 88.0 Å². The molecule has 26 heavy (non-hydrogen) atoms. The average Bonchev–Trinajstić information content (AvgIpc) is 3.26. The summed E-state index contributed by atoms with van der Waals surface area (Å²) < 4.78 is 1.14. The SMILES string of the molecule is O=C(Cn1ncc2ccccc2c1=O)NNC(=S)N[C@@H]1C[C@@H]2C=C[C@@H]1C2. The van der Waals surface area contributed by atoms with Crippen LogP contribution in [0.2, 0.25) is 0 Å². The number of amides is 1. The van der Waals surface area contributed by atoms with Gasteiger partial charge in [0.05, 0.1) is 11.6 Å². The van der Waals surface area contributed by atoms with Gasteiger partial charge in [0.2, 0.25) is 0 Å². The Balaban J connectivity index is 1.31. The van der Waals surface area contributed by atoms with Gasteiger partial charge in [-0.1, -0.05) is 30.4 Å². The molecule has 2 aliphatic rings. The molecule has 8 heteroatoms. The molecular weight excluding hydrogens is 350 g/mol. The maximum atomic E-state index is 12.4. The van der Waals surface area contributed by atoms with Crippen molar-refractivity contribution < 1.29 is 4.79 Å². The molecule has 0 radical (unpaired) electrons. The summed E-state index contributed by atoms with van der Waals surface area (Å²) in [4.78, 5) is 24.5. The van der Waals surface area contributed by atoms with E-state index in [4.69, 9.17) is 12.2 Å². The number of carbonyl (C=O) groups excluding carboxylic acids is 1. The smallest absolute Gasteiger partial charge is 0.275 e. The lowest BCUT2D eigenvalue weighted by Gasteiger charge is -2.22. The average molecular weight is 369 g/mol. The Bertz CT molecular complexity index is 954. The molecule has 0 spiro atoms. The van der Waals surface area contributed by atoms with E-state index in [1.807, 2.05) is 12.1 Å². The zero-order chi connectivity index (χ0) is 18.1. The van der Waals surface area contributed by atoms with Crippen LogP contribution in [0.3, 0.4) is 0 Å². The molecule has 1 saturated carbocycles. The van der Waals surface area contributed by atoms with Crippen molar-refractivity contribution in [2.45, 2.75) is 25.4 Å². The third-order valence-corrected chi connectivity index (χ3v) is 5.19. The van der Waals surface area contributed by atoms with Crippen LogP contribution in [-0.4, -0.2) is 26.8 Å². The van der Waals surface area contributed by atoms with Gasteiger partial charge in [-0.3, -0.25) is 20.4 Å². The van der Waals surface area contributed by atoms with Gasteiger partial charge in [0.1, 0.15) is 6.54 Å². The number of hydrazine groups is 1. The fourth-order valence-electron chi connectivity index (χ4n) is 3.69.